The lowest BCUT2D eigenvalue weighted by molar-refractivity contribution is -0.384. The number of hydrogen-bond donors (Lipinski definition) is 1. The molecule has 2 aromatic rings. The molecule has 2 aromatic carbocycles. The number of nitrogens with one attached hydrogen (secondary N) is 1. The van der Waals surface area contributed by atoms with E-state index in [2.05, 4.69) is 5.32 Å². The van der Waals surface area contributed by atoms with Crippen LogP contribution in [0.1, 0.15) is 42.5 Å². The minimum absolute atomic E-state index is 0.00293. The van der Waals surface area contributed by atoms with E-state index in [9.17, 15) is 24.1 Å². The summed E-state index contributed by atoms with van der Waals surface area (Å²) in [6.07, 6.45) is 5.50. The van der Waals surface area contributed by atoms with Gasteiger partial charge in [-0.25, -0.2) is 4.39 Å². The zero-order valence-electron chi connectivity index (χ0n) is 17.2. The summed E-state index contributed by atoms with van der Waals surface area (Å²) in [5, 5.41) is 13.3. The first kappa shape index (κ1) is 22.7. The first-order valence-corrected chi connectivity index (χ1v) is 11.1. The molecule has 0 spiro atoms. The summed E-state index contributed by atoms with van der Waals surface area (Å²) in [6, 6.07) is 9.92. The molecule has 1 N–H and O–H groups in total. The lowest BCUT2D eigenvalue weighted by atomic mass is 9.94. The Morgan fingerprint density at radius 1 is 1.19 bits per heavy atom. The van der Waals surface area contributed by atoms with Crippen LogP contribution in [0.5, 0.6) is 0 Å². The predicted octanol–water partition coefficient (Wildman–Crippen LogP) is 4.87. The third kappa shape index (κ3) is 5.81. The molecule has 0 aromatic heterocycles. The first-order valence-electron chi connectivity index (χ1n) is 10.1. The highest BCUT2D eigenvalue weighted by molar-refractivity contribution is 8.00. The number of thioether (sulfide) groups is 1. The monoisotopic (exact) mass is 445 g/mol. The summed E-state index contributed by atoms with van der Waals surface area (Å²) in [6.45, 7) is 0. The van der Waals surface area contributed by atoms with Crippen molar-refractivity contribution in [2.24, 2.45) is 0 Å². The van der Waals surface area contributed by atoms with Crippen molar-refractivity contribution in [3.8, 4) is 0 Å². The number of rotatable bonds is 7. The number of nitrogens with zero attached hydrogens (tertiary/aromatic N) is 2. The molecule has 0 radical (unpaired) electrons. The van der Waals surface area contributed by atoms with E-state index < -0.39 is 16.6 Å². The van der Waals surface area contributed by atoms with Gasteiger partial charge >= 0.3 is 0 Å². The van der Waals surface area contributed by atoms with Gasteiger partial charge < -0.3 is 10.2 Å². The Hall–Kier alpha value is -2.94. The molecule has 1 saturated carbocycles. The zero-order valence-corrected chi connectivity index (χ0v) is 18.0. The topological polar surface area (TPSA) is 92.6 Å². The molecule has 1 aliphatic carbocycles. The van der Waals surface area contributed by atoms with Gasteiger partial charge in [0.15, 0.2) is 0 Å². The van der Waals surface area contributed by atoms with Crippen molar-refractivity contribution in [3.05, 3.63) is 64.0 Å². The Kier molecular flexibility index (Phi) is 7.62. The zero-order chi connectivity index (χ0) is 22.4. The number of halogens is 1. The van der Waals surface area contributed by atoms with Crippen LogP contribution in [0.4, 0.5) is 15.8 Å². The average molecular weight is 446 g/mol. The van der Waals surface area contributed by atoms with Gasteiger partial charge in [-0.2, -0.15) is 0 Å². The molecular formula is C22H24FN3O4S. The summed E-state index contributed by atoms with van der Waals surface area (Å²) in [4.78, 5) is 38.0. The fourth-order valence-corrected chi connectivity index (χ4v) is 4.58. The minimum atomic E-state index is -0.770. The second kappa shape index (κ2) is 10.4. The number of non-ortho nitro benzene ring substituents is 1. The minimum Gasteiger partial charge on any atom is -0.342 e. The van der Waals surface area contributed by atoms with Gasteiger partial charge in [0.25, 0.3) is 11.6 Å². The maximum Gasteiger partial charge on any atom is 0.271 e. The Balaban J connectivity index is 1.68. The number of carbonyl (C=O) groups is 2. The van der Waals surface area contributed by atoms with E-state index in [0.717, 1.165) is 43.9 Å². The Labute approximate surface area is 184 Å². The second-order valence-corrected chi connectivity index (χ2v) is 8.47. The number of carbonyl (C=O) groups excluding carboxylic acids is 2. The number of anilines is 1. The lowest BCUT2D eigenvalue weighted by Crippen LogP contribution is -2.39. The largest absolute Gasteiger partial charge is 0.342 e. The third-order valence-corrected chi connectivity index (χ3v) is 6.47. The maximum absolute atomic E-state index is 14.0. The summed E-state index contributed by atoms with van der Waals surface area (Å²) in [5.74, 6) is -1.19. The number of nitro benzene ring substituents is 1. The summed E-state index contributed by atoms with van der Waals surface area (Å²) < 4.78 is 14.0. The Morgan fingerprint density at radius 2 is 1.90 bits per heavy atom. The van der Waals surface area contributed by atoms with E-state index in [4.69, 9.17) is 0 Å². The molecule has 1 fully saturated rings. The van der Waals surface area contributed by atoms with Gasteiger partial charge in [0, 0.05) is 30.1 Å². The van der Waals surface area contributed by atoms with Crippen molar-refractivity contribution in [1.82, 2.24) is 4.90 Å². The SMILES string of the molecule is CN(C(=O)CSc1ccccc1C(=O)Nc1cc([N+](=O)[O-])ccc1F)C1CCCCC1. The second-order valence-electron chi connectivity index (χ2n) is 7.46. The van der Waals surface area contributed by atoms with Crippen molar-refractivity contribution in [2.45, 2.75) is 43.0 Å². The van der Waals surface area contributed by atoms with Crippen molar-refractivity contribution in [1.29, 1.82) is 0 Å². The Morgan fingerprint density at radius 3 is 2.61 bits per heavy atom. The van der Waals surface area contributed by atoms with Gasteiger partial charge in [-0.05, 0) is 31.0 Å². The lowest BCUT2D eigenvalue weighted by Gasteiger charge is -2.31. The van der Waals surface area contributed by atoms with Gasteiger partial charge in [-0.1, -0.05) is 31.4 Å². The van der Waals surface area contributed by atoms with Crippen molar-refractivity contribution < 1.29 is 18.9 Å². The van der Waals surface area contributed by atoms with Crippen LogP contribution in [0.2, 0.25) is 0 Å². The van der Waals surface area contributed by atoms with Crippen molar-refractivity contribution in [2.75, 3.05) is 18.1 Å². The number of hydrogen-bond acceptors (Lipinski definition) is 5. The molecule has 7 nitrogen and oxygen atoms in total. The first-order chi connectivity index (χ1) is 14.9. The Bertz CT molecular complexity index is 979. The molecule has 0 atom stereocenters. The van der Waals surface area contributed by atoms with Gasteiger partial charge in [-0.15, -0.1) is 11.8 Å². The van der Waals surface area contributed by atoms with E-state index in [-0.39, 0.29) is 34.6 Å². The molecule has 0 saturated heterocycles. The van der Waals surface area contributed by atoms with E-state index in [1.54, 1.807) is 29.2 Å². The summed E-state index contributed by atoms with van der Waals surface area (Å²) in [7, 11) is 1.82. The van der Waals surface area contributed by atoms with Gasteiger partial charge in [0.05, 0.1) is 21.9 Å². The van der Waals surface area contributed by atoms with Crippen LogP contribution in [-0.2, 0) is 4.79 Å². The van der Waals surface area contributed by atoms with Crippen LogP contribution in [0.15, 0.2) is 47.4 Å². The highest BCUT2D eigenvalue weighted by atomic mass is 32.2. The van der Waals surface area contributed by atoms with E-state index >= 15 is 0 Å². The molecule has 3 rings (SSSR count). The highest BCUT2D eigenvalue weighted by Gasteiger charge is 2.23. The van der Waals surface area contributed by atoms with Crippen LogP contribution in [0.25, 0.3) is 0 Å². The number of benzene rings is 2. The van der Waals surface area contributed by atoms with Gasteiger partial charge in [-0.3, -0.25) is 19.7 Å². The fourth-order valence-electron chi connectivity index (χ4n) is 3.61. The van der Waals surface area contributed by atoms with Crippen LogP contribution in [0, 0.1) is 15.9 Å². The van der Waals surface area contributed by atoms with Crippen LogP contribution < -0.4 is 5.32 Å². The van der Waals surface area contributed by atoms with Crippen molar-refractivity contribution >= 4 is 35.0 Å². The van der Waals surface area contributed by atoms with Crippen molar-refractivity contribution in [3.63, 3.8) is 0 Å². The summed E-state index contributed by atoms with van der Waals surface area (Å²) in [5.41, 5.74) is -0.325. The molecular weight excluding hydrogens is 421 g/mol. The average Bonchev–Trinajstić information content (AvgIpc) is 2.79. The molecule has 0 bridgehead atoms. The fraction of sp³-hybridized carbons (Fsp3) is 0.364. The third-order valence-electron chi connectivity index (χ3n) is 5.41. The molecule has 0 aliphatic heterocycles. The van der Waals surface area contributed by atoms with E-state index in [1.165, 1.54) is 18.2 Å². The normalized spacial score (nSPS) is 14.1. The quantitative estimate of drug-likeness (QED) is 0.373. The number of nitro groups is 1. The smallest absolute Gasteiger partial charge is 0.271 e. The van der Waals surface area contributed by atoms with Gasteiger partial charge in [0.2, 0.25) is 5.91 Å². The highest BCUT2D eigenvalue weighted by Crippen LogP contribution is 2.27. The molecule has 0 unspecified atom stereocenters. The maximum atomic E-state index is 14.0. The molecule has 164 valence electrons. The predicted molar refractivity (Wildman–Crippen MR) is 118 cm³/mol. The standard InChI is InChI=1S/C22H24FN3O4S/c1-25(15-7-3-2-4-8-15)21(27)14-31-20-10-6-5-9-17(20)22(28)24-19-13-16(26(29)30)11-12-18(19)23/h5-6,9-13,15H,2-4,7-8,14H2,1H3,(H,24,28). The molecule has 0 heterocycles. The molecule has 9 heteroatoms. The summed E-state index contributed by atoms with van der Waals surface area (Å²) >= 11 is 1.24. The molecule has 2 amide bonds. The van der Waals surface area contributed by atoms with Gasteiger partial charge in [0.1, 0.15) is 5.82 Å². The number of amides is 2. The van der Waals surface area contributed by atoms with Crippen LogP contribution in [-0.4, -0.2) is 40.5 Å². The van der Waals surface area contributed by atoms with Crippen LogP contribution in [0.3, 0.4) is 0 Å². The van der Waals surface area contributed by atoms with E-state index in [1.807, 2.05) is 7.05 Å². The van der Waals surface area contributed by atoms with Crippen LogP contribution >= 0.6 is 11.8 Å². The van der Waals surface area contributed by atoms with E-state index in [0.29, 0.717) is 4.90 Å². The molecule has 31 heavy (non-hydrogen) atoms. The molecule has 1 aliphatic rings.